The van der Waals surface area contributed by atoms with E-state index in [9.17, 15) is 0 Å². The Morgan fingerprint density at radius 2 is 2.15 bits per heavy atom. The molecule has 0 unspecified atom stereocenters. The van der Waals surface area contributed by atoms with Crippen LogP contribution in [0.3, 0.4) is 0 Å². The molecule has 0 aliphatic carbocycles. The fourth-order valence-electron chi connectivity index (χ4n) is 2.27. The molecular weight excluding hydrogens is 316 g/mol. The topological polar surface area (TPSA) is 30.9 Å². The molecule has 0 aromatic heterocycles. The summed E-state index contributed by atoms with van der Waals surface area (Å²) in [6.45, 7) is 5.37. The first kappa shape index (κ1) is 15.3. The predicted molar refractivity (Wildman–Crippen MR) is 88.0 cm³/mol. The van der Waals surface area contributed by atoms with Crippen LogP contribution in [0.25, 0.3) is 0 Å². The Bertz CT molecular complexity index is 457. The quantitative estimate of drug-likeness (QED) is 0.659. The van der Waals surface area contributed by atoms with Crippen LogP contribution in [0.2, 0.25) is 0 Å². The van der Waals surface area contributed by atoms with Crippen molar-refractivity contribution >= 4 is 21.9 Å². The lowest BCUT2D eigenvalue weighted by Gasteiger charge is -2.31. The summed E-state index contributed by atoms with van der Waals surface area (Å²) in [6.07, 6.45) is 1.34. The molecule has 0 saturated carbocycles. The molecule has 4 nitrogen and oxygen atoms in total. The molecule has 110 valence electrons. The van der Waals surface area contributed by atoms with Crippen LogP contribution in [0.1, 0.15) is 12.0 Å². The first-order valence-electron chi connectivity index (χ1n) is 7.08. The number of benzene rings is 1. The second-order valence-corrected chi connectivity index (χ2v) is 5.97. The van der Waals surface area contributed by atoms with E-state index < -0.39 is 0 Å². The first-order chi connectivity index (χ1) is 9.70. The second kappa shape index (κ2) is 7.64. The van der Waals surface area contributed by atoms with Crippen LogP contribution >= 0.6 is 15.9 Å². The fourth-order valence-corrected chi connectivity index (χ4v) is 2.68. The van der Waals surface area contributed by atoms with Crippen molar-refractivity contribution in [2.75, 3.05) is 40.3 Å². The van der Waals surface area contributed by atoms with Crippen LogP contribution in [-0.4, -0.2) is 56.0 Å². The van der Waals surface area contributed by atoms with Gasteiger partial charge in [-0.3, -0.25) is 4.99 Å². The number of nitrogens with one attached hydrogen (secondary N) is 1. The molecule has 2 rings (SSSR count). The molecule has 0 atom stereocenters. The lowest BCUT2D eigenvalue weighted by Crippen LogP contribution is -2.45. The maximum absolute atomic E-state index is 4.35. The third-order valence-corrected chi connectivity index (χ3v) is 4.37. The molecule has 20 heavy (non-hydrogen) atoms. The molecule has 5 heteroatoms. The van der Waals surface area contributed by atoms with E-state index in [-0.39, 0.29) is 0 Å². The SMILES string of the molecule is CN=C(NCCN1CCC1)N(C)Cc1ccccc1Br. The van der Waals surface area contributed by atoms with Crippen LogP contribution in [0, 0.1) is 0 Å². The standard InChI is InChI=1S/C15H23BrN4/c1-17-15(18-8-11-20-9-5-10-20)19(2)12-13-6-3-4-7-14(13)16/h3-4,6-7H,5,8-12H2,1-2H3,(H,17,18). The Hall–Kier alpha value is -1.07. The van der Waals surface area contributed by atoms with E-state index in [0.29, 0.717) is 0 Å². The number of rotatable bonds is 5. The highest BCUT2D eigenvalue weighted by Crippen LogP contribution is 2.17. The van der Waals surface area contributed by atoms with Crippen molar-refractivity contribution in [3.05, 3.63) is 34.3 Å². The summed E-state index contributed by atoms with van der Waals surface area (Å²) in [6, 6.07) is 8.30. The van der Waals surface area contributed by atoms with Gasteiger partial charge in [0.2, 0.25) is 0 Å². The van der Waals surface area contributed by atoms with Gasteiger partial charge in [0, 0.05) is 38.2 Å². The Balaban J connectivity index is 1.82. The van der Waals surface area contributed by atoms with Crippen molar-refractivity contribution in [2.24, 2.45) is 4.99 Å². The minimum Gasteiger partial charge on any atom is -0.355 e. The number of hydrogen-bond donors (Lipinski definition) is 1. The molecule has 1 fully saturated rings. The smallest absolute Gasteiger partial charge is 0.193 e. The third kappa shape index (κ3) is 4.21. The molecule has 1 N–H and O–H groups in total. The highest BCUT2D eigenvalue weighted by Gasteiger charge is 2.13. The summed E-state index contributed by atoms with van der Waals surface area (Å²) in [5, 5.41) is 3.43. The number of nitrogens with zero attached hydrogens (tertiary/aromatic N) is 3. The van der Waals surface area contributed by atoms with Gasteiger partial charge in [-0.15, -0.1) is 0 Å². The highest BCUT2D eigenvalue weighted by atomic mass is 79.9. The van der Waals surface area contributed by atoms with E-state index in [1.807, 2.05) is 13.1 Å². The number of hydrogen-bond acceptors (Lipinski definition) is 2. The average Bonchev–Trinajstić information content (AvgIpc) is 2.39. The van der Waals surface area contributed by atoms with Crippen molar-refractivity contribution in [2.45, 2.75) is 13.0 Å². The Kier molecular flexibility index (Phi) is 5.86. The van der Waals surface area contributed by atoms with Gasteiger partial charge in [-0.2, -0.15) is 0 Å². The van der Waals surface area contributed by atoms with Gasteiger partial charge >= 0.3 is 0 Å². The summed E-state index contributed by atoms with van der Waals surface area (Å²) in [4.78, 5) is 8.95. The summed E-state index contributed by atoms with van der Waals surface area (Å²) >= 11 is 3.59. The van der Waals surface area contributed by atoms with E-state index in [0.717, 1.165) is 30.1 Å². The van der Waals surface area contributed by atoms with E-state index in [1.165, 1.54) is 25.1 Å². The molecule has 0 bridgehead atoms. The van der Waals surface area contributed by atoms with E-state index >= 15 is 0 Å². The molecule has 1 heterocycles. The van der Waals surface area contributed by atoms with Crippen molar-refractivity contribution in [3.8, 4) is 0 Å². The minimum absolute atomic E-state index is 0.838. The lowest BCUT2D eigenvalue weighted by molar-refractivity contribution is 0.184. The van der Waals surface area contributed by atoms with Crippen LogP contribution in [0.5, 0.6) is 0 Å². The number of halogens is 1. The summed E-state index contributed by atoms with van der Waals surface area (Å²) < 4.78 is 1.14. The van der Waals surface area contributed by atoms with E-state index in [2.05, 4.69) is 61.3 Å². The van der Waals surface area contributed by atoms with E-state index in [4.69, 9.17) is 0 Å². The number of likely N-dealkylation sites (tertiary alicyclic amines) is 1. The largest absolute Gasteiger partial charge is 0.355 e. The molecule has 1 aliphatic rings. The van der Waals surface area contributed by atoms with Crippen LogP contribution < -0.4 is 5.32 Å². The molecule has 1 aromatic rings. The molecule has 1 aromatic carbocycles. The Morgan fingerprint density at radius 3 is 2.75 bits per heavy atom. The second-order valence-electron chi connectivity index (χ2n) is 5.12. The maximum atomic E-state index is 4.35. The first-order valence-corrected chi connectivity index (χ1v) is 7.87. The molecule has 1 saturated heterocycles. The average molecular weight is 339 g/mol. The van der Waals surface area contributed by atoms with Gasteiger partial charge in [0.05, 0.1) is 0 Å². The van der Waals surface area contributed by atoms with Gasteiger partial charge in [-0.05, 0) is 31.1 Å². The third-order valence-electron chi connectivity index (χ3n) is 3.60. The summed E-state index contributed by atoms with van der Waals surface area (Å²) in [5.74, 6) is 0.946. The van der Waals surface area contributed by atoms with Gasteiger partial charge in [0.15, 0.2) is 5.96 Å². The van der Waals surface area contributed by atoms with Gasteiger partial charge in [0.1, 0.15) is 0 Å². The van der Waals surface area contributed by atoms with Crippen molar-refractivity contribution in [1.29, 1.82) is 0 Å². The Morgan fingerprint density at radius 1 is 1.40 bits per heavy atom. The highest BCUT2D eigenvalue weighted by molar-refractivity contribution is 9.10. The number of guanidine groups is 1. The van der Waals surface area contributed by atoms with E-state index in [1.54, 1.807) is 0 Å². The van der Waals surface area contributed by atoms with Gasteiger partial charge in [0.25, 0.3) is 0 Å². The predicted octanol–water partition coefficient (Wildman–Crippen LogP) is 2.16. The molecule has 0 radical (unpaired) electrons. The summed E-state index contributed by atoms with van der Waals surface area (Å²) in [7, 11) is 3.90. The van der Waals surface area contributed by atoms with Gasteiger partial charge in [-0.1, -0.05) is 34.1 Å². The van der Waals surface area contributed by atoms with Crippen LogP contribution in [-0.2, 0) is 6.54 Å². The maximum Gasteiger partial charge on any atom is 0.193 e. The zero-order valence-electron chi connectivity index (χ0n) is 12.3. The Labute approximate surface area is 130 Å². The van der Waals surface area contributed by atoms with Crippen molar-refractivity contribution in [1.82, 2.24) is 15.1 Å². The van der Waals surface area contributed by atoms with Crippen molar-refractivity contribution < 1.29 is 0 Å². The van der Waals surface area contributed by atoms with Crippen molar-refractivity contribution in [3.63, 3.8) is 0 Å². The molecular formula is C15H23BrN4. The zero-order chi connectivity index (χ0) is 14.4. The normalized spacial score (nSPS) is 15.8. The number of aliphatic imine (C=N–C) groups is 1. The van der Waals surface area contributed by atoms with Gasteiger partial charge in [-0.25, -0.2) is 0 Å². The summed E-state index contributed by atoms with van der Waals surface area (Å²) in [5.41, 5.74) is 1.26. The molecule has 0 amide bonds. The molecule has 1 aliphatic heterocycles. The minimum atomic E-state index is 0.838. The monoisotopic (exact) mass is 338 g/mol. The molecule has 0 spiro atoms. The zero-order valence-corrected chi connectivity index (χ0v) is 13.9. The van der Waals surface area contributed by atoms with Crippen LogP contribution in [0.4, 0.5) is 0 Å². The van der Waals surface area contributed by atoms with Gasteiger partial charge < -0.3 is 15.1 Å². The lowest BCUT2D eigenvalue weighted by atomic mass is 10.2. The fraction of sp³-hybridized carbons (Fsp3) is 0.533. The van der Waals surface area contributed by atoms with Crippen LogP contribution in [0.15, 0.2) is 33.7 Å².